The number of amides is 1. The van der Waals surface area contributed by atoms with Gasteiger partial charge in [-0.1, -0.05) is 41.6 Å². The molecule has 0 atom stereocenters. The molecular formula is C21H27N3OS. The van der Waals surface area contributed by atoms with E-state index in [1.807, 2.05) is 11.8 Å². The minimum absolute atomic E-state index is 0.0302. The lowest BCUT2D eigenvalue weighted by atomic mass is 10.2. The normalized spacial score (nSPS) is 15.1. The summed E-state index contributed by atoms with van der Waals surface area (Å²) in [6.45, 7) is 10.4. The number of aryl methyl sites for hydroxylation is 2. The first kappa shape index (κ1) is 18.8. The number of nitrogens with one attached hydrogen (secondary N) is 1. The van der Waals surface area contributed by atoms with E-state index in [2.05, 4.69) is 71.4 Å². The summed E-state index contributed by atoms with van der Waals surface area (Å²) >= 11 is 1.85. The third kappa shape index (κ3) is 4.80. The summed E-state index contributed by atoms with van der Waals surface area (Å²) in [5.41, 5.74) is 3.93. The summed E-state index contributed by atoms with van der Waals surface area (Å²) in [7, 11) is 0. The van der Waals surface area contributed by atoms with Crippen molar-refractivity contribution in [2.24, 2.45) is 0 Å². The van der Waals surface area contributed by atoms with Gasteiger partial charge in [-0.05, 0) is 37.6 Å². The van der Waals surface area contributed by atoms with Gasteiger partial charge in [0.1, 0.15) is 0 Å². The fourth-order valence-corrected chi connectivity index (χ4v) is 4.25. The van der Waals surface area contributed by atoms with E-state index in [1.165, 1.54) is 26.6 Å². The SMILES string of the molecule is CC(=O)NCN1CCN(c2ccccc2Sc2ccc(C)cc2C)CC1. The van der Waals surface area contributed by atoms with Crippen LogP contribution in [0.15, 0.2) is 52.3 Å². The molecule has 138 valence electrons. The van der Waals surface area contributed by atoms with Crippen molar-refractivity contribution in [2.75, 3.05) is 37.7 Å². The van der Waals surface area contributed by atoms with Crippen molar-refractivity contribution >= 4 is 23.4 Å². The van der Waals surface area contributed by atoms with Crippen LogP contribution in [0.2, 0.25) is 0 Å². The van der Waals surface area contributed by atoms with E-state index >= 15 is 0 Å². The number of hydrogen-bond donors (Lipinski definition) is 1. The zero-order valence-electron chi connectivity index (χ0n) is 15.8. The van der Waals surface area contributed by atoms with Crippen LogP contribution in [-0.2, 0) is 4.79 Å². The number of anilines is 1. The lowest BCUT2D eigenvalue weighted by molar-refractivity contribution is -0.119. The molecule has 2 aromatic rings. The molecule has 1 fully saturated rings. The van der Waals surface area contributed by atoms with E-state index in [4.69, 9.17) is 0 Å². The molecule has 0 aromatic heterocycles. The summed E-state index contributed by atoms with van der Waals surface area (Å²) in [4.78, 5) is 18.4. The largest absolute Gasteiger partial charge is 0.368 e. The Morgan fingerprint density at radius 3 is 2.46 bits per heavy atom. The van der Waals surface area contributed by atoms with Gasteiger partial charge in [0.15, 0.2) is 0 Å². The quantitative estimate of drug-likeness (QED) is 0.872. The predicted octanol–water partition coefficient (Wildman–Crippen LogP) is 3.67. The Hall–Kier alpha value is -1.98. The maximum absolute atomic E-state index is 11.1. The third-order valence-electron chi connectivity index (χ3n) is 4.68. The van der Waals surface area contributed by atoms with E-state index in [0.717, 1.165) is 26.2 Å². The topological polar surface area (TPSA) is 35.6 Å². The smallest absolute Gasteiger partial charge is 0.217 e. The van der Waals surface area contributed by atoms with Gasteiger partial charge in [0.2, 0.25) is 5.91 Å². The number of hydrogen-bond acceptors (Lipinski definition) is 4. The zero-order chi connectivity index (χ0) is 18.5. The number of carbonyl (C=O) groups excluding carboxylic acids is 1. The zero-order valence-corrected chi connectivity index (χ0v) is 16.6. The van der Waals surface area contributed by atoms with Gasteiger partial charge in [0, 0.05) is 42.9 Å². The molecule has 1 aliphatic rings. The van der Waals surface area contributed by atoms with Gasteiger partial charge >= 0.3 is 0 Å². The predicted molar refractivity (Wildman–Crippen MR) is 109 cm³/mol. The molecule has 1 aliphatic heterocycles. The Morgan fingerprint density at radius 2 is 1.77 bits per heavy atom. The van der Waals surface area contributed by atoms with Crippen LogP contribution in [0.4, 0.5) is 5.69 Å². The highest BCUT2D eigenvalue weighted by Gasteiger charge is 2.19. The van der Waals surface area contributed by atoms with Gasteiger partial charge in [0.05, 0.1) is 12.4 Å². The van der Waals surface area contributed by atoms with Crippen molar-refractivity contribution in [1.82, 2.24) is 10.2 Å². The van der Waals surface area contributed by atoms with E-state index in [0.29, 0.717) is 6.67 Å². The molecule has 0 bridgehead atoms. The lowest BCUT2D eigenvalue weighted by Gasteiger charge is -2.36. The second-order valence-corrected chi connectivity index (χ2v) is 7.92. The molecule has 4 nitrogen and oxygen atoms in total. The molecule has 1 N–H and O–H groups in total. The highest BCUT2D eigenvalue weighted by molar-refractivity contribution is 7.99. The summed E-state index contributed by atoms with van der Waals surface area (Å²) < 4.78 is 0. The van der Waals surface area contributed by atoms with Gasteiger partial charge in [-0.25, -0.2) is 0 Å². The molecule has 1 heterocycles. The monoisotopic (exact) mass is 369 g/mol. The molecule has 3 rings (SSSR count). The van der Waals surface area contributed by atoms with Crippen molar-refractivity contribution in [3.05, 3.63) is 53.6 Å². The molecule has 1 saturated heterocycles. The summed E-state index contributed by atoms with van der Waals surface area (Å²) in [6.07, 6.45) is 0. The number of piperazine rings is 1. The highest BCUT2D eigenvalue weighted by atomic mass is 32.2. The second kappa shape index (κ2) is 8.60. The first-order chi connectivity index (χ1) is 12.5. The average Bonchev–Trinajstić information content (AvgIpc) is 2.63. The molecule has 5 heteroatoms. The second-order valence-electron chi connectivity index (χ2n) is 6.83. The summed E-state index contributed by atoms with van der Waals surface area (Å²) in [5.74, 6) is 0.0302. The van der Waals surface area contributed by atoms with Gasteiger partial charge in [0.25, 0.3) is 0 Å². The number of benzene rings is 2. The molecule has 0 aliphatic carbocycles. The lowest BCUT2D eigenvalue weighted by Crippen LogP contribution is -2.49. The number of carbonyl (C=O) groups is 1. The first-order valence-corrected chi connectivity index (χ1v) is 9.90. The summed E-state index contributed by atoms with van der Waals surface area (Å²) in [5, 5.41) is 2.89. The fraction of sp³-hybridized carbons (Fsp3) is 0.381. The molecular weight excluding hydrogens is 342 g/mol. The van der Waals surface area contributed by atoms with E-state index < -0.39 is 0 Å². The van der Waals surface area contributed by atoms with E-state index in [1.54, 1.807) is 6.92 Å². The molecule has 2 aromatic carbocycles. The number of rotatable bonds is 5. The average molecular weight is 370 g/mol. The van der Waals surface area contributed by atoms with E-state index in [-0.39, 0.29) is 5.91 Å². The standard InChI is InChI=1S/C21H27N3OS/c1-16-8-9-20(17(2)14-16)26-21-7-5-4-6-19(21)24-12-10-23(11-13-24)15-22-18(3)25/h4-9,14H,10-13,15H2,1-3H3,(H,22,25). The Balaban J connectivity index is 1.69. The Morgan fingerprint density at radius 1 is 1.04 bits per heavy atom. The van der Waals surface area contributed by atoms with Gasteiger partial charge < -0.3 is 10.2 Å². The van der Waals surface area contributed by atoms with Crippen LogP contribution in [0.25, 0.3) is 0 Å². The van der Waals surface area contributed by atoms with Crippen molar-refractivity contribution in [1.29, 1.82) is 0 Å². The molecule has 1 amide bonds. The molecule has 0 spiro atoms. The Bertz CT molecular complexity index is 770. The van der Waals surface area contributed by atoms with Crippen molar-refractivity contribution in [3.8, 4) is 0 Å². The van der Waals surface area contributed by atoms with E-state index in [9.17, 15) is 4.79 Å². The van der Waals surface area contributed by atoms with Crippen LogP contribution in [0, 0.1) is 13.8 Å². The number of nitrogens with zero attached hydrogens (tertiary/aromatic N) is 2. The Kier molecular flexibility index (Phi) is 6.22. The minimum atomic E-state index is 0.0302. The molecule has 26 heavy (non-hydrogen) atoms. The van der Waals surface area contributed by atoms with Crippen molar-refractivity contribution in [3.63, 3.8) is 0 Å². The van der Waals surface area contributed by atoms with Crippen LogP contribution in [-0.4, -0.2) is 43.7 Å². The van der Waals surface area contributed by atoms with Crippen LogP contribution in [0.1, 0.15) is 18.1 Å². The van der Waals surface area contributed by atoms with Gasteiger partial charge in [-0.3, -0.25) is 9.69 Å². The van der Waals surface area contributed by atoms with Gasteiger partial charge in [-0.15, -0.1) is 0 Å². The van der Waals surface area contributed by atoms with Gasteiger partial charge in [-0.2, -0.15) is 0 Å². The molecule has 0 unspecified atom stereocenters. The maximum atomic E-state index is 11.1. The summed E-state index contributed by atoms with van der Waals surface area (Å²) in [6, 6.07) is 15.3. The van der Waals surface area contributed by atoms with Crippen molar-refractivity contribution < 1.29 is 4.79 Å². The minimum Gasteiger partial charge on any atom is -0.368 e. The first-order valence-electron chi connectivity index (χ1n) is 9.09. The van der Waals surface area contributed by atoms with Crippen LogP contribution in [0.5, 0.6) is 0 Å². The van der Waals surface area contributed by atoms with Crippen LogP contribution < -0.4 is 10.2 Å². The molecule has 0 radical (unpaired) electrons. The highest BCUT2D eigenvalue weighted by Crippen LogP contribution is 2.37. The third-order valence-corrected chi connectivity index (χ3v) is 5.92. The fourth-order valence-electron chi connectivity index (χ4n) is 3.21. The maximum Gasteiger partial charge on any atom is 0.217 e. The number of para-hydroxylation sites is 1. The van der Waals surface area contributed by atoms with Crippen LogP contribution >= 0.6 is 11.8 Å². The van der Waals surface area contributed by atoms with Crippen molar-refractivity contribution in [2.45, 2.75) is 30.6 Å². The van der Waals surface area contributed by atoms with Crippen LogP contribution in [0.3, 0.4) is 0 Å². The molecule has 0 saturated carbocycles. The Labute approximate surface area is 160 Å².